The van der Waals surface area contributed by atoms with Crippen molar-refractivity contribution < 1.29 is 28.8 Å². The van der Waals surface area contributed by atoms with Crippen LogP contribution in [0.1, 0.15) is 39.2 Å². The number of ether oxygens (including phenoxy) is 4. The van der Waals surface area contributed by atoms with Gasteiger partial charge in [0.25, 0.3) is 5.91 Å². The average Bonchev–Trinajstić information content (AvgIpc) is 3.22. The van der Waals surface area contributed by atoms with E-state index in [2.05, 4.69) is 0 Å². The summed E-state index contributed by atoms with van der Waals surface area (Å²) in [4.78, 5) is 14.9. The lowest BCUT2D eigenvalue weighted by Crippen LogP contribution is -2.31. The van der Waals surface area contributed by atoms with Gasteiger partial charge in [0.05, 0.1) is 25.8 Å². The molecular formula is C20H19NO6. The zero-order chi connectivity index (χ0) is 18.7. The topological polar surface area (TPSA) is 77.5 Å². The van der Waals surface area contributed by atoms with E-state index in [0.717, 1.165) is 16.7 Å². The van der Waals surface area contributed by atoms with Crippen LogP contribution in [0.3, 0.4) is 0 Å². The van der Waals surface area contributed by atoms with Crippen LogP contribution >= 0.6 is 0 Å². The van der Waals surface area contributed by atoms with Crippen molar-refractivity contribution in [3.63, 3.8) is 0 Å². The molecule has 140 valence electrons. The number of methoxy groups -OCH3 is 2. The Bertz CT molecular complexity index is 956. The summed E-state index contributed by atoms with van der Waals surface area (Å²) in [6.07, 6.45) is -0.251. The summed E-state index contributed by atoms with van der Waals surface area (Å²) in [6, 6.07) is 6.86. The van der Waals surface area contributed by atoms with Gasteiger partial charge in [0, 0.05) is 6.54 Å². The van der Waals surface area contributed by atoms with Crippen molar-refractivity contribution in [3.8, 4) is 23.0 Å². The SMILES string of the molecule is COc1ccc2c(c1OC)C(=O)N1CCc3cc4c(cc3C(O)C21)OCO4. The molecule has 0 saturated heterocycles. The monoisotopic (exact) mass is 369 g/mol. The molecule has 2 aromatic carbocycles. The minimum atomic E-state index is -0.875. The number of benzene rings is 2. The van der Waals surface area contributed by atoms with Gasteiger partial charge in [-0.1, -0.05) is 6.07 Å². The molecule has 7 nitrogen and oxygen atoms in total. The van der Waals surface area contributed by atoms with Crippen molar-refractivity contribution in [3.05, 3.63) is 46.5 Å². The van der Waals surface area contributed by atoms with Crippen LogP contribution < -0.4 is 18.9 Å². The zero-order valence-electron chi connectivity index (χ0n) is 15.0. The largest absolute Gasteiger partial charge is 0.493 e. The Morgan fingerprint density at radius 1 is 1.11 bits per heavy atom. The third kappa shape index (κ3) is 2.15. The second-order valence-corrected chi connectivity index (χ2v) is 6.81. The number of nitrogens with zero attached hydrogens (tertiary/aromatic N) is 1. The molecule has 1 amide bonds. The fourth-order valence-corrected chi connectivity index (χ4v) is 4.33. The van der Waals surface area contributed by atoms with Crippen molar-refractivity contribution in [2.45, 2.75) is 18.6 Å². The Balaban J connectivity index is 1.66. The Labute approximate surface area is 156 Å². The number of aliphatic hydroxyl groups is 1. The van der Waals surface area contributed by atoms with Gasteiger partial charge in [-0.05, 0) is 41.3 Å². The van der Waals surface area contributed by atoms with Crippen LogP contribution in [0.25, 0.3) is 0 Å². The van der Waals surface area contributed by atoms with Gasteiger partial charge in [-0.2, -0.15) is 0 Å². The molecule has 2 unspecified atom stereocenters. The van der Waals surface area contributed by atoms with E-state index < -0.39 is 12.1 Å². The van der Waals surface area contributed by atoms with Crippen molar-refractivity contribution in [1.82, 2.24) is 4.90 Å². The molecule has 0 aromatic heterocycles. The third-order valence-corrected chi connectivity index (χ3v) is 5.58. The van der Waals surface area contributed by atoms with E-state index in [1.165, 1.54) is 14.2 Å². The lowest BCUT2D eigenvalue weighted by Gasteiger charge is -2.26. The quantitative estimate of drug-likeness (QED) is 0.875. The lowest BCUT2D eigenvalue weighted by atomic mass is 9.92. The number of hydrogen-bond donors (Lipinski definition) is 1. The van der Waals surface area contributed by atoms with E-state index >= 15 is 0 Å². The van der Waals surface area contributed by atoms with Crippen LogP contribution in [0, 0.1) is 0 Å². The first-order valence-electron chi connectivity index (χ1n) is 8.80. The standard InChI is InChI=1S/C20H19NO6/c1-24-13-4-3-11-16(19(13)25-2)20(23)21-6-5-10-7-14-15(27-9-26-14)8-12(10)18(22)17(11)21/h3-4,7-8,17-18,22H,5-6,9H2,1-2H3. The molecule has 0 bridgehead atoms. The summed E-state index contributed by atoms with van der Waals surface area (Å²) < 4.78 is 21.7. The Morgan fingerprint density at radius 2 is 1.89 bits per heavy atom. The fraction of sp³-hybridized carbons (Fsp3) is 0.350. The molecule has 0 fully saturated rings. The van der Waals surface area contributed by atoms with Crippen LogP contribution in [0.15, 0.2) is 24.3 Å². The molecule has 0 aliphatic carbocycles. The first-order valence-corrected chi connectivity index (χ1v) is 8.80. The van der Waals surface area contributed by atoms with E-state index in [0.29, 0.717) is 41.5 Å². The molecule has 2 aromatic rings. The molecule has 7 heteroatoms. The molecule has 1 N–H and O–H groups in total. The van der Waals surface area contributed by atoms with E-state index in [1.54, 1.807) is 11.0 Å². The van der Waals surface area contributed by atoms with Crippen LogP contribution in [0.2, 0.25) is 0 Å². The second-order valence-electron chi connectivity index (χ2n) is 6.81. The molecule has 0 spiro atoms. The minimum absolute atomic E-state index is 0.155. The smallest absolute Gasteiger partial charge is 0.258 e. The highest BCUT2D eigenvalue weighted by Crippen LogP contribution is 2.50. The van der Waals surface area contributed by atoms with Gasteiger partial charge < -0.3 is 29.0 Å². The number of carbonyl (C=O) groups is 1. The predicted octanol–water partition coefficient (Wildman–Crippen LogP) is 2.22. The van der Waals surface area contributed by atoms with E-state index in [-0.39, 0.29) is 12.7 Å². The second kappa shape index (κ2) is 5.79. The number of hydrogen-bond acceptors (Lipinski definition) is 6. The van der Waals surface area contributed by atoms with Crippen molar-refractivity contribution >= 4 is 5.91 Å². The van der Waals surface area contributed by atoms with Crippen molar-refractivity contribution in [2.24, 2.45) is 0 Å². The molecule has 2 atom stereocenters. The normalized spacial score (nSPS) is 22.0. The number of carbonyl (C=O) groups excluding carboxylic acids is 1. The molecule has 0 saturated carbocycles. The minimum Gasteiger partial charge on any atom is -0.493 e. The summed E-state index contributed by atoms with van der Waals surface area (Å²) in [5.74, 6) is 2.06. The van der Waals surface area contributed by atoms with Crippen molar-refractivity contribution in [2.75, 3.05) is 27.6 Å². The molecule has 5 rings (SSSR count). The molecule has 3 aliphatic rings. The predicted molar refractivity (Wildman–Crippen MR) is 94.6 cm³/mol. The van der Waals surface area contributed by atoms with Crippen LogP contribution in [0.5, 0.6) is 23.0 Å². The Hall–Kier alpha value is -2.93. The molecule has 27 heavy (non-hydrogen) atoms. The maximum absolute atomic E-state index is 13.2. The maximum Gasteiger partial charge on any atom is 0.258 e. The van der Waals surface area contributed by atoms with E-state index in [1.807, 2.05) is 18.2 Å². The summed E-state index contributed by atoms with van der Waals surface area (Å²) in [5.41, 5.74) is 2.94. The van der Waals surface area contributed by atoms with Gasteiger partial charge in [-0.25, -0.2) is 0 Å². The van der Waals surface area contributed by atoms with Gasteiger partial charge in [-0.3, -0.25) is 4.79 Å². The first kappa shape index (κ1) is 16.3. The first-order chi connectivity index (χ1) is 13.1. The molecule has 0 radical (unpaired) electrons. The average molecular weight is 369 g/mol. The van der Waals surface area contributed by atoms with E-state index in [9.17, 15) is 9.90 Å². The fourth-order valence-electron chi connectivity index (χ4n) is 4.33. The number of aliphatic hydroxyl groups excluding tert-OH is 1. The van der Waals surface area contributed by atoms with Crippen molar-refractivity contribution in [1.29, 1.82) is 0 Å². The van der Waals surface area contributed by atoms with Gasteiger partial charge >= 0.3 is 0 Å². The highest BCUT2D eigenvalue weighted by molar-refractivity contribution is 6.03. The number of amides is 1. The van der Waals surface area contributed by atoms with Crippen LogP contribution in [-0.4, -0.2) is 43.5 Å². The summed E-state index contributed by atoms with van der Waals surface area (Å²) in [7, 11) is 3.05. The molecular weight excluding hydrogens is 350 g/mol. The zero-order valence-corrected chi connectivity index (χ0v) is 15.0. The van der Waals surface area contributed by atoms with E-state index in [4.69, 9.17) is 18.9 Å². The highest BCUT2D eigenvalue weighted by Gasteiger charge is 2.46. The lowest BCUT2D eigenvalue weighted by molar-refractivity contribution is 0.0462. The molecule has 3 heterocycles. The van der Waals surface area contributed by atoms with Gasteiger partial charge in [0.2, 0.25) is 6.79 Å². The summed E-state index contributed by atoms with van der Waals surface area (Å²) >= 11 is 0. The summed E-state index contributed by atoms with van der Waals surface area (Å²) in [6.45, 7) is 0.676. The Kier molecular flexibility index (Phi) is 3.48. The number of rotatable bonds is 2. The summed E-state index contributed by atoms with van der Waals surface area (Å²) in [5, 5.41) is 11.2. The Morgan fingerprint density at radius 3 is 2.63 bits per heavy atom. The third-order valence-electron chi connectivity index (χ3n) is 5.58. The van der Waals surface area contributed by atoms with Gasteiger partial charge in [0.15, 0.2) is 23.0 Å². The maximum atomic E-state index is 13.2. The van der Waals surface area contributed by atoms with Gasteiger partial charge in [-0.15, -0.1) is 0 Å². The molecule has 3 aliphatic heterocycles. The number of fused-ring (bicyclic) bond motifs is 5. The van der Waals surface area contributed by atoms with Gasteiger partial charge in [0.1, 0.15) is 6.10 Å². The highest BCUT2D eigenvalue weighted by atomic mass is 16.7. The van der Waals surface area contributed by atoms with Crippen LogP contribution in [-0.2, 0) is 6.42 Å². The van der Waals surface area contributed by atoms with Crippen LogP contribution in [0.4, 0.5) is 0 Å².